The molecular formula is C16H28O2. The van der Waals surface area contributed by atoms with Crippen molar-refractivity contribution in [1.82, 2.24) is 0 Å². The van der Waals surface area contributed by atoms with E-state index >= 15 is 0 Å². The molecule has 3 unspecified atom stereocenters. The maximum Gasteiger partial charge on any atom is 0.0686 e. The third-order valence-corrected chi connectivity index (χ3v) is 6.03. The minimum absolute atomic E-state index is 0.0936. The summed E-state index contributed by atoms with van der Waals surface area (Å²) in [6.45, 7) is 5.55. The second kappa shape index (κ2) is 4.49. The van der Waals surface area contributed by atoms with Crippen molar-refractivity contribution in [2.24, 2.45) is 17.3 Å². The van der Waals surface area contributed by atoms with Crippen LogP contribution in [0.4, 0.5) is 0 Å². The third kappa shape index (κ3) is 2.12. The van der Waals surface area contributed by atoms with E-state index in [0.29, 0.717) is 17.3 Å². The molecule has 0 aromatic heterocycles. The molecule has 104 valence electrons. The number of aliphatic hydroxyl groups is 1. The van der Waals surface area contributed by atoms with Crippen LogP contribution in [0, 0.1) is 17.3 Å². The quantitative estimate of drug-likeness (QED) is 0.814. The van der Waals surface area contributed by atoms with Crippen LogP contribution in [-0.2, 0) is 4.74 Å². The third-order valence-electron chi connectivity index (χ3n) is 6.03. The fourth-order valence-electron chi connectivity index (χ4n) is 4.59. The summed E-state index contributed by atoms with van der Waals surface area (Å²) in [5.41, 5.74) is 0.511. The molecule has 18 heavy (non-hydrogen) atoms. The Hall–Kier alpha value is -0.0800. The molecule has 1 heterocycles. The lowest BCUT2D eigenvalue weighted by molar-refractivity contribution is -0.164. The first-order chi connectivity index (χ1) is 8.53. The molecular weight excluding hydrogens is 224 g/mol. The van der Waals surface area contributed by atoms with Gasteiger partial charge in [-0.25, -0.2) is 0 Å². The lowest BCUT2D eigenvalue weighted by Gasteiger charge is -2.49. The van der Waals surface area contributed by atoms with Gasteiger partial charge in [-0.15, -0.1) is 0 Å². The number of rotatable bonds is 2. The van der Waals surface area contributed by atoms with E-state index in [1.807, 2.05) is 0 Å². The standard InChI is InChI=1S/C16H28O2/c1-15(2)7-3-5-13(15)14(17)12-6-10-18-16(11-12)8-4-9-16/h12-14,17H,3-11H2,1-2H3. The summed E-state index contributed by atoms with van der Waals surface area (Å²) in [6, 6.07) is 0. The molecule has 2 nitrogen and oxygen atoms in total. The normalized spacial score (nSPS) is 39.5. The summed E-state index contributed by atoms with van der Waals surface area (Å²) >= 11 is 0. The highest BCUT2D eigenvalue weighted by Crippen LogP contribution is 2.50. The average Bonchev–Trinajstić information content (AvgIpc) is 2.66. The lowest BCUT2D eigenvalue weighted by Crippen LogP contribution is -2.49. The van der Waals surface area contributed by atoms with Gasteiger partial charge in [0.15, 0.2) is 0 Å². The number of hydrogen-bond acceptors (Lipinski definition) is 2. The molecule has 1 saturated heterocycles. The zero-order valence-corrected chi connectivity index (χ0v) is 12.0. The van der Waals surface area contributed by atoms with Crippen molar-refractivity contribution in [2.45, 2.75) is 76.9 Å². The SMILES string of the molecule is CC1(C)CCCC1C(O)C1CCOC2(CCC2)C1. The second-order valence-electron chi connectivity index (χ2n) is 7.62. The van der Waals surface area contributed by atoms with Crippen LogP contribution in [0.2, 0.25) is 0 Å². The van der Waals surface area contributed by atoms with Crippen molar-refractivity contribution in [2.75, 3.05) is 6.61 Å². The zero-order chi connectivity index (χ0) is 12.8. The van der Waals surface area contributed by atoms with E-state index in [2.05, 4.69) is 13.8 Å². The Bertz CT molecular complexity index is 306. The van der Waals surface area contributed by atoms with E-state index in [1.54, 1.807) is 0 Å². The van der Waals surface area contributed by atoms with E-state index in [0.717, 1.165) is 19.4 Å². The summed E-state index contributed by atoms with van der Waals surface area (Å²) in [7, 11) is 0. The molecule has 2 saturated carbocycles. The van der Waals surface area contributed by atoms with Gasteiger partial charge in [0.05, 0.1) is 11.7 Å². The Morgan fingerprint density at radius 1 is 1.11 bits per heavy atom. The predicted octanol–water partition coefficient (Wildman–Crippen LogP) is 3.52. The Morgan fingerprint density at radius 3 is 2.44 bits per heavy atom. The smallest absolute Gasteiger partial charge is 0.0686 e. The Morgan fingerprint density at radius 2 is 1.89 bits per heavy atom. The first-order valence-corrected chi connectivity index (χ1v) is 7.85. The molecule has 3 atom stereocenters. The van der Waals surface area contributed by atoms with Crippen LogP contribution < -0.4 is 0 Å². The van der Waals surface area contributed by atoms with Crippen molar-refractivity contribution in [3.8, 4) is 0 Å². The van der Waals surface area contributed by atoms with Gasteiger partial charge in [-0.1, -0.05) is 20.3 Å². The van der Waals surface area contributed by atoms with Crippen LogP contribution in [-0.4, -0.2) is 23.4 Å². The molecule has 3 rings (SSSR count). The van der Waals surface area contributed by atoms with Crippen LogP contribution in [0.5, 0.6) is 0 Å². The Kier molecular flexibility index (Phi) is 3.22. The van der Waals surface area contributed by atoms with E-state index in [-0.39, 0.29) is 11.7 Å². The van der Waals surface area contributed by atoms with Crippen molar-refractivity contribution in [3.63, 3.8) is 0 Å². The lowest BCUT2D eigenvalue weighted by atomic mass is 9.67. The number of ether oxygens (including phenoxy) is 1. The molecule has 1 N–H and O–H groups in total. The molecule has 0 amide bonds. The molecule has 2 aliphatic carbocycles. The van der Waals surface area contributed by atoms with E-state index in [9.17, 15) is 5.11 Å². The zero-order valence-electron chi connectivity index (χ0n) is 12.0. The fourth-order valence-corrected chi connectivity index (χ4v) is 4.59. The fraction of sp³-hybridized carbons (Fsp3) is 1.00. The van der Waals surface area contributed by atoms with Crippen molar-refractivity contribution in [1.29, 1.82) is 0 Å². The first-order valence-electron chi connectivity index (χ1n) is 7.85. The van der Waals surface area contributed by atoms with Gasteiger partial charge in [-0.05, 0) is 62.2 Å². The average molecular weight is 252 g/mol. The summed E-state index contributed by atoms with van der Waals surface area (Å²) in [5.74, 6) is 0.999. The summed E-state index contributed by atoms with van der Waals surface area (Å²) in [6.07, 6.45) is 9.65. The van der Waals surface area contributed by atoms with Gasteiger partial charge in [0.2, 0.25) is 0 Å². The molecule has 1 aliphatic heterocycles. The molecule has 3 fully saturated rings. The Labute approximate surface area is 111 Å². The number of aliphatic hydroxyl groups excluding tert-OH is 1. The van der Waals surface area contributed by atoms with Crippen LogP contribution in [0.25, 0.3) is 0 Å². The van der Waals surface area contributed by atoms with Crippen LogP contribution in [0.3, 0.4) is 0 Å². The summed E-state index contributed by atoms with van der Waals surface area (Å²) < 4.78 is 5.99. The molecule has 0 radical (unpaired) electrons. The maximum absolute atomic E-state index is 10.8. The minimum atomic E-state index is -0.0936. The highest BCUT2D eigenvalue weighted by atomic mass is 16.5. The van der Waals surface area contributed by atoms with Gasteiger partial charge >= 0.3 is 0 Å². The van der Waals surface area contributed by atoms with Gasteiger partial charge in [0, 0.05) is 6.61 Å². The van der Waals surface area contributed by atoms with Crippen molar-refractivity contribution in [3.05, 3.63) is 0 Å². The molecule has 0 aromatic carbocycles. The molecule has 3 aliphatic rings. The van der Waals surface area contributed by atoms with Crippen LogP contribution in [0.1, 0.15) is 65.2 Å². The minimum Gasteiger partial charge on any atom is -0.393 e. The highest BCUT2D eigenvalue weighted by molar-refractivity contribution is 4.98. The van der Waals surface area contributed by atoms with Gasteiger partial charge in [0.25, 0.3) is 0 Å². The van der Waals surface area contributed by atoms with Crippen molar-refractivity contribution < 1.29 is 9.84 Å². The first kappa shape index (κ1) is 12.9. The van der Waals surface area contributed by atoms with E-state index in [1.165, 1.54) is 38.5 Å². The van der Waals surface area contributed by atoms with Gasteiger partial charge < -0.3 is 9.84 Å². The maximum atomic E-state index is 10.8. The predicted molar refractivity (Wildman–Crippen MR) is 72.4 cm³/mol. The summed E-state index contributed by atoms with van der Waals surface area (Å²) in [4.78, 5) is 0. The van der Waals surface area contributed by atoms with E-state index < -0.39 is 0 Å². The Balaban J connectivity index is 1.66. The summed E-state index contributed by atoms with van der Waals surface area (Å²) in [5, 5.41) is 10.8. The van der Waals surface area contributed by atoms with Crippen molar-refractivity contribution >= 4 is 0 Å². The van der Waals surface area contributed by atoms with Crippen LogP contribution in [0.15, 0.2) is 0 Å². The number of hydrogen-bond donors (Lipinski definition) is 1. The van der Waals surface area contributed by atoms with Gasteiger partial charge in [-0.2, -0.15) is 0 Å². The molecule has 1 spiro atoms. The second-order valence-corrected chi connectivity index (χ2v) is 7.62. The van der Waals surface area contributed by atoms with Gasteiger partial charge in [-0.3, -0.25) is 0 Å². The molecule has 0 bridgehead atoms. The highest BCUT2D eigenvalue weighted by Gasteiger charge is 2.48. The van der Waals surface area contributed by atoms with Crippen LogP contribution >= 0.6 is 0 Å². The molecule has 0 aromatic rings. The van der Waals surface area contributed by atoms with E-state index in [4.69, 9.17) is 4.74 Å². The topological polar surface area (TPSA) is 29.5 Å². The van der Waals surface area contributed by atoms with Gasteiger partial charge in [0.1, 0.15) is 0 Å². The monoisotopic (exact) mass is 252 g/mol. The molecule has 2 heteroatoms. The largest absolute Gasteiger partial charge is 0.393 e.